The molecule has 7 heteroatoms. The van der Waals surface area contributed by atoms with E-state index >= 15 is 0 Å². The highest BCUT2D eigenvalue weighted by molar-refractivity contribution is 7.89. The van der Waals surface area contributed by atoms with Crippen molar-refractivity contribution in [3.63, 3.8) is 0 Å². The molecule has 0 spiro atoms. The van der Waals surface area contributed by atoms with E-state index in [1.54, 1.807) is 0 Å². The van der Waals surface area contributed by atoms with Gasteiger partial charge in [0.25, 0.3) is 5.91 Å². The molecule has 2 unspecified atom stereocenters. The Morgan fingerprint density at radius 3 is 2.75 bits per heavy atom. The van der Waals surface area contributed by atoms with Crippen molar-refractivity contribution in [1.29, 1.82) is 0 Å². The summed E-state index contributed by atoms with van der Waals surface area (Å²) in [7, 11) is -4.03. The predicted molar refractivity (Wildman–Crippen MR) is 72.0 cm³/mol. The van der Waals surface area contributed by atoms with Gasteiger partial charge in [0.2, 0.25) is 10.0 Å². The first-order chi connectivity index (χ1) is 9.31. The highest BCUT2D eigenvalue weighted by atomic mass is 32.2. The molecule has 0 aliphatic heterocycles. The molecule has 5 nitrogen and oxygen atoms in total. The van der Waals surface area contributed by atoms with Crippen LogP contribution < -0.4 is 10.5 Å². The summed E-state index contributed by atoms with van der Waals surface area (Å²) in [6, 6.07) is 2.98. The lowest BCUT2D eigenvalue weighted by Crippen LogP contribution is -2.27. The summed E-state index contributed by atoms with van der Waals surface area (Å²) in [6.45, 7) is 2.07. The first kappa shape index (κ1) is 14.9. The van der Waals surface area contributed by atoms with E-state index in [9.17, 15) is 17.6 Å². The number of sulfonamides is 1. The van der Waals surface area contributed by atoms with Crippen LogP contribution in [0.3, 0.4) is 0 Å². The molecule has 2 atom stereocenters. The van der Waals surface area contributed by atoms with Gasteiger partial charge < -0.3 is 5.32 Å². The number of rotatable bonds is 5. The van der Waals surface area contributed by atoms with Gasteiger partial charge in [0, 0.05) is 11.6 Å². The second-order valence-electron chi connectivity index (χ2n) is 5.09. The van der Waals surface area contributed by atoms with Gasteiger partial charge >= 0.3 is 0 Å². The Morgan fingerprint density at radius 2 is 2.15 bits per heavy atom. The standard InChI is InChI=1S/C13H17FN2O3S/c1-2-3-8-6-12(8)16-13(17)9-4-10(14)7-11(5-9)20(15,18)19/h4-5,7-8,12H,2-3,6H2,1H3,(H,16,17)(H2,15,18,19). The maximum atomic E-state index is 13.4. The number of hydrogen-bond acceptors (Lipinski definition) is 3. The smallest absolute Gasteiger partial charge is 0.251 e. The van der Waals surface area contributed by atoms with E-state index in [1.807, 2.05) is 0 Å². The Morgan fingerprint density at radius 1 is 1.45 bits per heavy atom. The average Bonchev–Trinajstić information content (AvgIpc) is 3.05. The number of benzene rings is 1. The third-order valence-electron chi connectivity index (χ3n) is 3.36. The summed E-state index contributed by atoms with van der Waals surface area (Å²) >= 11 is 0. The summed E-state index contributed by atoms with van der Waals surface area (Å²) in [5.74, 6) is -0.809. The van der Waals surface area contributed by atoms with Crippen LogP contribution >= 0.6 is 0 Å². The Balaban J connectivity index is 2.13. The van der Waals surface area contributed by atoms with Gasteiger partial charge in [0.15, 0.2) is 0 Å². The molecule has 2 rings (SSSR count). The summed E-state index contributed by atoms with van der Waals surface area (Å²) in [5, 5.41) is 7.71. The Bertz CT molecular complexity index is 631. The molecule has 0 heterocycles. The number of nitrogens with one attached hydrogen (secondary N) is 1. The van der Waals surface area contributed by atoms with Crippen molar-refractivity contribution < 1.29 is 17.6 Å². The third kappa shape index (κ3) is 3.55. The molecule has 0 saturated heterocycles. The molecule has 1 aliphatic rings. The van der Waals surface area contributed by atoms with E-state index < -0.39 is 26.6 Å². The fourth-order valence-electron chi connectivity index (χ4n) is 2.22. The van der Waals surface area contributed by atoms with Gasteiger partial charge in [-0.05, 0) is 37.0 Å². The van der Waals surface area contributed by atoms with Crippen LogP contribution in [0.2, 0.25) is 0 Å². The molecular weight excluding hydrogens is 283 g/mol. The molecule has 1 fully saturated rings. The lowest BCUT2D eigenvalue weighted by molar-refractivity contribution is 0.0948. The van der Waals surface area contributed by atoms with E-state index in [0.717, 1.165) is 37.5 Å². The predicted octanol–water partition coefficient (Wildman–Crippen LogP) is 1.39. The van der Waals surface area contributed by atoms with Gasteiger partial charge in [-0.3, -0.25) is 4.79 Å². The van der Waals surface area contributed by atoms with Gasteiger partial charge in [0.05, 0.1) is 4.90 Å². The monoisotopic (exact) mass is 300 g/mol. The number of hydrogen-bond donors (Lipinski definition) is 2. The van der Waals surface area contributed by atoms with Crippen LogP contribution in [-0.4, -0.2) is 20.4 Å². The van der Waals surface area contributed by atoms with Crippen LogP contribution in [0.5, 0.6) is 0 Å². The molecule has 1 aromatic rings. The third-order valence-corrected chi connectivity index (χ3v) is 4.25. The van der Waals surface area contributed by atoms with Crippen molar-refractivity contribution in [3.8, 4) is 0 Å². The number of primary sulfonamides is 1. The number of amides is 1. The van der Waals surface area contributed by atoms with Gasteiger partial charge in [-0.25, -0.2) is 17.9 Å². The Labute approximate surface area is 117 Å². The zero-order valence-corrected chi connectivity index (χ0v) is 11.9. The van der Waals surface area contributed by atoms with E-state index in [-0.39, 0.29) is 11.6 Å². The summed E-state index contributed by atoms with van der Waals surface area (Å²) in [4.78, 5) is 11.6. The topological polar surface area (TPSA) is 89.3 Å². The first-order valence-corrected chi connectivity index (χ1v) is 8.00. The van der Waals surface area contributed by atoms with E-state index in [2.05, 4.69) is 12.2 Å². The van der Waals surface area contributed by atoms with Crippen molar-refractivity contribution in [2.24, 2.45) is 11.1 Å². The van der Waals surface area contributed by atoms with Crippen LogP contribution in [0.4, 0.5) is 4.39 Å². The molecule has 20 heavy (non-hydrogen) atoms. The fraction of sp³-hybridized carbons (Fsp3) is 0.462. The number of nitrogens with two attached hydrogens (primary N) is 1. The highest BCUT2D eigenvalue weighted by Gasteiger charge is 2.37. The van der Waals surface area contributed by atoms with Crippen molar-refractivity contribution in [1.82, 2.24) is 5.32 Å². The summed E-state index contributed by atoms with van der Waals surface area (Å²) in [6.07, 6.45) is 3.00. The lowest BCUT2D eigenvalue weighted by Gasteiger charge is -2.06. The molecule has 110 valence electrons. The maximum absolute atomic E-state index is 13.4. The van der Waals surface area contributed by atoms with E-state index in [1.165, 1.54) is 0 Å². The van der Waals surface area contributed by atoms with E-state index in [0.29, 0.717) is 5.92 Å². The largest absolute Gasteiger partial charge is 0.349 e. The zero-order chi connectivity index (χ0) is 14.9. The van der Waals surface area contributed by atoms with Crippen LogP contribution in [-0.2, 0) is 10.0 Å². The fourth-order valence-corrected chi connectivity index (χ4v) is 2.79. The van der Waals surface area contributed by atoms with Crippen LogP contribution in [0.1, 0.15) is 36.5 Å². The molecule has 0 aromatic heterocycles. The Kier molecular flexibility index (Phi) is 4.10. The van der Waals surface area contributed by atoms with Crippen molar-refractivity contribution in [2.75, 3.05) is 0 Å². The number of carbonyl (C=O) groups is 1. The van der Waals surface area contributed by atoms with Crippen LogP contribution in [0, 0.1) is 11.7 Å². The highest BCUT2D eigenvalue weighted by Crippen LogP contribution is 2.34. The molecule has 0 radical (unpaired) electrons. The van der Waals surface area contributed by atoms with Crippen molar-refractivity contribution in [3.05, 3.63) is 29.6 Å². The molecule has 1 saturated carbocycles. The van der Waals surface area contributed by atoms with Gasteiger partial charge in [0.1, 0.15) is 5.82 Å². The van der Waals surface area contributed by atoms with Crippen LogP contribution in [0.25, 0.3) is 0 Å². The quantitative estimate of drug-likeness (QED) is 0.861. The first-order valence-electron chi connectivity index (χ1n) is 6.45. The minimum absolute atomic E-state index is 0.0313. The second kappa shape index (κ2) is 5.49. The minimum Gasteiger partial charge on any atom is -0.349 e. The normalized spacial score (nSPS) is 21.6. The van der Waals surface area contributed by atoms with Gasteiger partial charge in [-0.2, -0.15) is 0 Å². The second-order valence-corrected chi connectivity index (χ2v) is 6.65. The summed E-state index contributed by atoms with van der Waals surface area (Å²) in [5.41, 5.74) is -0.0313. The SMILES string of the molecule is CCCC1CC1NC(=O)c1cc(F)cc(S(N)(=O)=O)c1. The molecular formula is C13H17FN2O3S. The van der Waals surface area contributed by atoms with Crippen molar-refractivity contribution >= 4 is 15.9 Å². The average molecular weight is 300 g/mol. The van der Waals surface area contributed by atoms with Crippen molar-refractivity contribution in [2.45, 2.75) is 37.1 Å². The van der Waals surface area contributed by atoms with E-state index in [4.69, 9.17) is 5.14 Å². The zero-order valence-electron chi connectivity index (χ0n) is 11.1. The van der Waals surface area contributed by atoms with Gasteiger partial charge in [-0.1, -0.05) is 13.3 Å². The number of carbonyl (C=O) groups excluding carboxylic acids is 1. The summed E-state index contributed by atoms with van der Waals surface area (Å²) < 4.78 is 35.8. The molecule has 3 N–H and O–H groups in total. The molecule has 1 amide bonds. The number of halogens is 1. The Hall–Kier alpha value is -1.47. The lowest BCUT2D eigenvalue weighted by atomic mass is 10.2. The van der Waals surface area contributed by atoms with Gasteiger partial charge in [-0.15, -0.1) is 0 Å². The molecule has 0 bridgehead atoms. The maximum Gasteiger partial charge on any atom is 0.251 e. The van der Waals surface area contributed by atoms with Crippen LogP contribution in [0.15, 0.2) is 23.1 Å². The molecule has 1 aliphatic carbocycles. The molecule has 1 aromatic carbocycles. The minimum atomic E-state index is -4.03.